The van der Waals surface area contributed by atoms with Crippen LogP contribution in [0, 0.1) is 6.45 Å². The highest BCUT2D eigenvalue weighted by atomic mass is 127. The summed E-state index contributed by atoms with van der Waals surface area (Å²) in [6.07, 6.45) is -5.19. The van der Waals surface area contributed by atoms with Gasteiger partial charge >= 0.3 is 27.4 Å². The Morgan fingerprint density at radius 1 is 1.00 bits per heavy atom. The highest BCUT2D eigenvalue weighted by Gasteiger charge is 2.28. The van der Waals surface area contributed by atoms with Crippen LogP contribution in [0.25, 0.3) is 11.1 Å². The van der Waals surface area contributed by atoms with Crippen molar-refractivity contribution >= 4 is 28.9 Å². The lowest BCUT2D eigenvalue weighted by molar-refractivity contribution is -0.591. The molecule has 8 heteroatoms. The average Bonchev–Trinajstić information content (AvgIpc) is 3.04. The van der Waals surface area contributed by atoms with Crippen LogP contribution in [-0.4, -0.2) is 12.1 Å². The minimum Gasteiger partial charge on any atom is -0.542 e. The second-order valence-electron chi connectivity index (χ2n) is 4.82. The number of hydrogen-bond donors (Lipinski definition) is 0. The molecule has 0 aliphatic heterocycles. The minimum atomic E-state index is -5.19. The number of carboxylic acid groups (broad SMARTS) is 1. The van der Waals surface area contributed by atoms with E-state index in [9.17, 15) is 13.2 Å². The molecule has 2 aromatic carbocycles. The predicted octanol–water partition coefficient (Wildman–Crippen LogP) is 1.50. The monoisotopic (exact) mass is 510 g/mol. The first kappa shape index (κ1) is 20.7. The van der Waals surface area contributed by atoms with Gasteiger partial charge in [0.25, 0.3) is 0 Å². The number of halogens is 5. The smallest absolute Gasteiger partial charge is 0.430 e. The summed E-state index contributed by atoms with van der Waals surface area (Å²) < 4.78 is 34.5. The molecule has 3 rings (SSSR count). The maximum Gasteiger partial charge on any atom is 0.430 e. The third-order valence-electron chi connectivity index (χ3n) is 2.91. The van der Waals surface area contributed by atoms with Crippen molar-refractivity contribution in [1.29, 1.82) is 0 Å². The summed E-state index contributed by atoms with van der Waals surface area (Å²) in [6.45, 7) is 0. The van der Waals surface area contributed by atoms with Crippen LogP contribution in [-0.2, 0) is 4.79 Å². The van der Waals surface area contributed by atoms with Crippen LogP contribution in [0.3, 0.4) is 0 Å². The first-order valence-corrected chi connectivity index (χ1v) is 10.5. The minimum absolute atomic E-state index is 0.0564. The second-order valence-corrected chi connectivity index (χ2v) is 9.85. The van der Waals surface area contributed by atoms with Crippen LogP contribution in [0.15, 0.2) is 66.0 Å². The van der Waals surface area contributed by atoms with Crippen molar-refractivity contribution in [3.05, 3.63) is 77.5 Å². The number of thiophene rings is 1. The molecule has 0 spiro atoms. The first-order chi connectivity index (χ1) is 12.3. The molecule has 3 aromatic rings. The molecule has 0 saturated carbocycles. The molecule has 0 aliphatic carbocycles. The zero-order valence-corrected chi connectivity index (χ0v) is 16.7. The van der Waals surface area contributed by atoms with Gasteiger partial charge in [-0.05, 0) is 35.4 Å². The van der Waals surface area contributed by atoms with Gasteiger partial charge in [0.1, 0.15) is 5.97 Å². The zero-order chi connectivity index (χ0) is 19.2. The Hall–Kier alpha value is -1.58. The van der Waals surface area contributed by atoms with Crippen molar-refractivity contribution in [2.24, 2.45) is 0 Å². The van der Waals surface area contributed by atoms with Crippen LogP contribution in [0.1, 0.15) is 0 Å². The molecule has 0 saturated heterocycles. The molecule has 26 heavy (non-hydrogen) atoms. The summed E-state index contributed by atoms with van der Waals surface area (Å²) >= 11 is 7.72. The van der Waals surface area contributed by atoms with E-state index < -0.39 is 12.1 Å². The third-order valence-corrected chi connectivity index (χ3v) is 7.34. The Morgan fingerprint density at radius 2 is 1.58 bits per heavy atom. The lowest BCUT2D eigenvalue weighted by atomic mass is 10.1. The number of carbonyl (C=O) groups is 1. The fourth-order valence-electron chi connectivity index (χ4n) is 1.74. The van der Waals surface area contributed by atoms with Gasteiger partial charge in [0.05, 0.1) is 0 Å². The molecule has 1 heterocycles. The Balaban J connectivity index is 0.000000298. The lowest BCUT2D eigenvalue weighted by Crippen LogP contribution is -3.61. The van der Waals surface area contributed by atoms with Crippen molar-refractivity contribution in [2.75, 3.05) is 0 Å². The van der Waals surface area contributed by atoms with Gasteiger partial charge in [0.15, 0.2) is 3.57 Å². The third kappa shape index (κ3) is 6.62. The van der Waals surface area contributed by atoms with Crippen molar-refractivity contribution < 1.29 is 44.3 Å². The summed E-state index contributed by atoms with van der Waals surface area (Å²) in [5, 5.41) is 11.8. The number of carbonyl (C=O) groups excluding carboxylic acids is 1. The quantitative estimate of drug-likeness (QED) is 0.501. The SMILES string of the molecule is Clc1ccc(-c2csc([I+]c3ccccc3)c2)cc1.O=C([O-])C(F)(F)F. The molecule has 0 N–H and O–H groups in total. The maximum absolute atomic E-state index is 10.5. The number of alkyl halides is 3. The first-order valence-electron chi connectivity index (χ1n) is 7.08. The van der Waals surface area contributed by atoms with Gasteiger partial charge in [0.2, 0.25) is 2.88 Å². The number of aliphatic carboxylic acids is 1. The van der Waals surface area contributed by atoms with E-state index in [4.69, 9.17) is 21.5 Å². The molecule has 1 aromatic heterocycles. The number of hydrogen-bond acceptors (Lipinski definition) is 3. The van der Waals surface area contributed by atoms with Gasteiger partial charge in [-0.25, -0.2) is 0 Å². The van der Waals surface area contributed by atoms with Crippen LogP contribution in [0.4, 0.5) is 13.2 Å². The van der Waals surface area contributed by atoms with Gasteiger partial charge in [0, 0.05) is 16.5 Å². The van der Waals surface area contributed by atoms with E-state index in [1.165, 1.54) is 17.6 Å². The predicted molar refractivity (Wildman–Crippen MR) is 89.7 cm³/mol. The standard InChI is InChI=1S/C16H11ClIS.C2HF3O2/c17-14-8-6-12(7-9-14)13-10-16(19-11-13)18-15-4-2-1-3-5-15;3-2(4,5)1(6)7/h1-11H;(H,6,7)/q+1;/p-1. The van der Waals surface area contributed by atoms with E-state index in [-0.39, 0.29) is 21.2 Å². The van der Waals surface area contributed by atoms with Gasteiger partial charge in [-0.1, -0.05) is 53.3 Å². The maximum atomic E-state index is 10.5. The Kier molecular flexibility index (Phi) is 7.48. The van der Waals surface area contributed by atoms with Crippen LogP contribution < -0.4 is 26.3 Å². The zero-order valence-electron chi connectivity index (χ0n) is 13.0. The van der Waals surface area contributed by atoms with Crippen LogP contribution in [0.5, 0.6) is 0 Å². The Morgan fingerprint density at radius 3 is 2.12 bits per heavy atom. The highest BCUT2D eigenvalue weighted by Crippen LogP contribution is 2.23. The second kappa shape index (κ2) is 9.38. The fourth-order valence-corrected chi connectivity index (χ4v) is 5.79. The van der Waals surface area contributed by atoms with Gasteiger partial charge in [-0.2, -0.15) is 13.2 Å². The van der Waals surface area contributed by atoms with Crippen molar-refractivity contribution in [3.8, 4) is 11.1 Å². The molecule has 0 fully saturated rings. The summed E-state index contributed by atoms with van der Waals surface area (Å²) in [5.41, 5.74) is 2.54. The van der Waals surface area contributed by atoms with Gasteiger partial charge in [-0.15, -0.1) is 0 Å². The molecule has 2 nitrogen and oxygen atoms in total. The van der Waals surface area contributed by atoms with Crippen molar-refractivity contribution in [2.45, 2.75) is 6.18 Å². The topological polar surface area (TPSA) is 40.1 Å². The van der Waals surface area contributed by atoms with Gasteiger partial charge < -0.3 is 9.90 Å². The molecular formula is C18H11ClF3IO2S. The van der Waals surface area contributed by atoms with E-state index in [1.54, 1.807) is 0 Å². The summed E-state index contributed by atoms with van der Waals surface area (Å²) in [4.78, 5) is 8.78. The summed E-state index contributed by atoms with van der Waals surface area (Å²) in [6, 6.07) is 21.1. The molecule has 0 bridgehead atoms. The van der Waals surface area contributed by atoms with Crippen molar-refractivity contribution in [3.63, 3.8) is 0 Å². The Labute approximate surface area is 167 Å². The lowest BCUT2D eigenvalue weighted by Gasteiger charge is -2.03. The molecule has 0 amide bonds. The van der Waals surface area contributed by atoms with Gasteiger partial charge in [-0.3, -0.25) is 0 Å². The van der Waals surface area contributed by atoms with E-state index in [0.717, 1.165) is 5.02 Å². The van der Waals surface area contributed by atoms with E-state index in [1.807, 2.05) is 23.5 Å². The Bertz CT molecular complexity index is 849. The normalized spacial score (nSPS) is 10.8. The van der Waals surface area contributed by atoms with Crippen LogP contribution >= 0.6 is 22.9 Å². The van der Waals surface area contributed by atoms with Crippen molar-refractivity contribution in [1.82, 2.24) is 0 Å². The number of carboxylic acids is 1. The molecule has 0 atom stereocenters. The van der Waals surface area contributed by atoms with E-state index in [2.05, 4.69) is 53.9 Å². The molecular weight excluding hydrogens is 500 g/mol. The fraction of sp³-hybridized carbons (Fsp3) is 0.0556. The number of rotatable bonds is 3. The molecule has 0 aliphatic rings. The average molecular weight is 511 g/mol. The van der Waals surface area contributed by atoms with E-state index in [0.29, 0.717) is 0 Å². The summed E-state index contributed by atoms with van der Waals surface area (Å²) in [7, 11) is 0. The molecule has 0 unspecified atom stereocenters. The van der Waals surface area contributed by atoms with E-state index >= 15 is 0 Å². The largest absolute Gasteiger partial charge is 0.542 e. The highest BCUT2D eigenvalue weighted by molar-refractivity contribution is 7.07. The number of benzene rings is 2. The summed E-state index contributed by atoms with van der Waals surface area (Å²) in [5.74, 6) is -3.01. The molecule has 0 radical (unpaired) electrons. The van der Waals surface area contributed by atoms with Crippen LogP contribution in [0.2, 0.25) is 5.02 Å². The molecule has 136 valence electrons.